The van der Waals surface area contributed by atoms with Crippen molar-refractivity contribution in [2.75, 3.05) is 12.4 Å². The van der Waals surface area contributed by atoms with Crippen LogP contribution in [0.2, 0.25) is 5.02 Å². The second-order valence-corrected chi connectivity index (χ2v) is 5.33. The van der Waals surface area contributed by atoms with Crippen molar-refractivity contribution in [2.24, 2.45) is 0 Å². The van der Waals surface area contributed by atoms with Crippen molar-refractivity contribution < 1.29 is 9.53 Å². The Morgan fingerprint density at radius 2 is 2.32 bits per heavy atom. The minimum absolute atomic E-state index is 0.164. The molecule has 1 N–H and O–H groups in total. The molecule has 1 aromatic carbocycles. The Morgan fingerprint density at radius 1 is 1.53 bits per heavy atom. The molecule has 19 heavy (non-hydrogen) atoms. The summed E-state index contributed by atoms with van der Waals surface area (Å²) in [6.45, 7) is 2.10. The number of ether oxygens (including phenoxy) is 1. The Morgan fingerprint density at radius 3 is 2.95 bits per heavy atom. The zero-order chi connectivity index (χ0) is 13.8. The number of anilines is 1. The number of carbonyl (C=O) groups is 1. The average molecular weight is 297 g/mol. The number of rotatable bonds is 4. The van der Waals surface area contributed by atoms with E-state index in [1.54, 1.807) is 13.1 Å². The lowest BCUT2D eigenvalue weighted by Crippen LogP contribution is -2.04. The number of aryl methyl sites for hydroxylation is 1. The summed E-state index contributed by atoms with van der Waals surface area (Å²) in [4.78, 5) is 16.3. The number of benzene rings is 1. The first-order chi connectivity index (χ1) is 9.11. The summed E-state index contributed by atoms with van der Waals surface area (Å²) in [5.41, 5.74) is 1.83. The van der Waals surface area contributed by atoms with E-state index in [2.05, 4.69) is 10.3 Å². The lowest BCUT2D eigenvalue weighted by molar-refractivity contribution is 0.0478. The van der Waals surface area contributed by atoms with Crippen molar-refractivity contribution in [1.29, 1.82) is 0 Å². The van der Waals surface area contributed by atoms with Crippen LogP contribution in [0, 0.1) is 6.92 Å². The van der Waals surface area contributed by atoms with Gasteiger partial charge in [-0.25, -0.2) is 9.78 Å². The van der Waals surface area contributed by atoms with Gasteiger partial charge in [-0.15, -0.1) is 0 Å². The Labute approximate surface area is 120 Å². The quantitative estimate of drug-likeness (QED) is 0.877. The summed E-state index contributed by atoms with van der Waals surface area (Å²) >= 11 is 7.33. The maximum atomic E-state index is 11.8. The molecule has 0 amide bonds. The number of carbonyl (C=O) groups excluding carboxylic acids is 1. The van der Waals surface area contributed by atoms with Crippen LogP contribution in [-0.2, 0) is 11.3 Å². The Hall–Kier alpha value is -1.59. The summed E-state index contributed by atoms with van der Waals surface area (Å²) in [6, 6.07) is 5.58. The van der Waals surface area contributed by atoms with E-state index in [0.29, 0.717) is 15.0 Å². The second-order valence-electron chi connectivity index (χ2n) is 3.89. The van der Waals surface area contributed by atoms with Crippen LogP contribution in [0.25, 0.3) is 0 Å². The molecule has 0 aliphatic heterocycles. The Balaban J connectivity index is 2.04. The number of nitrogens with one attached hydrogen (secondary N) is 1. The van der Waals surface area contributed by atoms with E-state index >= 15 is 0 Å². The van der Waals surface area contributed by atoms with Crippen molar-refractivity contribution in [3.8, 4) is 0 Å². The fourth-order valence-corrected chi connectivity index (χ4v) is 2.48. The lowest BCUT2D eigenvalue weighted by Gasteiger charge is -2.08. The highest BCUT2D eigenvalue weighted by Crippen LogP contribution is 2.22. The molecule has 0 atom stereocenters. The molecule has 0 fully saturated rings. The maximum Gasteiger partial charge on any atom is 0.350 e. The van der Waals surface area contributed by atoms with Gasteiger partial charge in [0.15, 0.2) is 5.13 Å². The van der Waals surface area contributed by atoms with E-state index in [1.165, 1.54) is 17.5 Å². The third-order valence-electron chi connectivity index (χ3n) is 2.62. The average Bonchev–Trinajstić information content (AvgIpc) is 2.86. The smallest absolute Gasteiger partial charge is 0.350 e. The molecule has 1 aromatic heterocycles. The standard InChI is InChI=1S/C13H13ClN2O2S/c1-8-4-3-5-10(14)9(8)7-18-12(17)11-6-16-13(15-2)19-11/h3-6H,7H2,1-2H3,(H,15,16). The van der Waals surface area contributed by atoms with Gasteiger partial charge in [0.2, 0.25) is 0 Å². The minimum Gasteiger partial charge on any atom is -0.457 e. The third kappa shape index (κ3) is 3.24. The molecule has 0 saturated heterocycles. The summed E-state index contributed by atoms with van der Waals surface area (Å²) in [5.74, 6) is -0.390. The topological polar surface area (TPSA) is 51.2 Å². The van der Waals surface area contributed by atoms with Gasteiger partial charge in [-0.2, -0.15) is 0 Å². The molecule has 2 aromatic rings. The van der Waals surface area contributed by atoms with Crippen molar-refractivity contribution in [3.63, 3.8) is 0 Å². The molecule has 0 unspecified atom stereocenters. The number of halogens is 1. The van der Waals surface area contributed by atoms with Gasteiger partial charge >= 0.3 is 5.97 Å². The maximum absolute atomic E-state index is 11.8. The first-order valence-electron chi connectivity index (χ1n) is 5.66. The molecule has 0 spiro atoms. The van der Waals surface area contributed by atoms with Crippen LogP contribution in [0.15, 0.2) is 24.4 Å². The van der Waals surface area contributed by atoms with Gasteiger partial charge in [0.1, 0.15) is 11.5 Å². The van der Waals surface area contributed by atoms with E-state index in [4.69, 9.17) is 16.3 Å². The Bertz CT molecular complexity index is 578. The van der Waals surface area contributed by atoms with Gasteiger partial charge < -0.3 is 10.1 Å². The van der Waals surface area contributed by atoms with Crippen molar-refractivity contribution in [1.82, 2.24) is 4.98 Å². The summed E-state index contributed by atoms with van der Waals surface area (Å²) in [6.07, 6.45) is 1.50. The van der Waals surface area contributed by atoms with E-state index in [0.717, 1.165) is 11.1 Å². The van der Waals surface area contributed by atoms with Gasteiger partial charge in [-0.3, -0.25) is 0 Å². The number of hydrogen-bond donors (Lipinski definition) is 1. The zero-order valence-electron chi connectivity index (χ0n) is 10.6. The predicted molar refractivity (Wildman–Crippen MR) is 77.0 cm³/mol. The van der Waals surface area contributed by atoms with Crippen LogP contribution in [0.4, 0.5) is 5.13 Å². The van der Waals surface area contributed by atoms with Gasteiger partial charge in [0.25, 0.3) is 0 Å². The molecule has 2 rings (SSSR count). The molecule has 0 radical (unpaired) electrons. The molecule has 0 bridgehead atoms. The molecular weight excluding hydrogens is 284 g/mol. The fraction of sp³-hybridized carbons (Fsp3) is 0.231. The van der Waals surface area contributed by atoms with E-state index < -0.39 is 5.97 Å². The lowest BCUT2D eigenvalue weighted by atomic mass is 10.1. The summed E-state index contributed by atoms with van der Waals surface area (Å²) in [7, 11) is 1.75. The largest absolute Gasteiger partial charge is 0.457 e. The predicted octanol–water partition coefficient (Wildman–Crippen LogP) is 3.50. The zero-order valence-corrected chi connectivity index (χ0v) is 12.1. The van der Waals surface area contributed by atoms with E-state index in [9.17, 15) is 4.79 Å². The van der Waals surface area contributed by atoms with Crippen LogP contribution in [0.5, 0.6) is 0 Å². The fourth-order valence-electron chi connectivity index (χ4n) is 1.54. The summed E-state index contributed by atoms with van der Waals surface area (Å²) < 4.78 is 5.25. The second kappa shape index (κ2) is 6.04. The van der Waals surface area contributed by atoms with Gasteiger partial charge in [0, 0.05) is 17.6 Å². The van der Waals surface area contributed by atoms with Crippen LogP contribution >= 0.6 is 22.9 Å². The SMILES string of the molecule is CNc1ncc(C(=O)OCc2c(C)cccc2Cl)s1. The number of esters is 1. The monoisotopic (exact) mass is 296 g/mol. The molecule has 6 heteroatoms. The van der Waals surface area contributed by atoms with Crippen molar-refractivity contribution in [3.05, 3.63) is 45.4 Å². The highest BCUT2D eigenvalue weighted by atomic mass is 35.5. The van der Waals surface area contributed by atoms with Crippen LogP contribution in [-0.4, -0.2) is 18.0 Å². The first kappa shape index (κ1) is 13.8. The minimum atomic E-state index is -0.390. The van der Waals surface area contributed by atoms with E-state index in [-0.39, 0.29) is 6.61 Å². The van der Waals surface area contributed by atoms with Crippen molar-refractivity contribution in [2.45, 2.75) is 13.5 Å². The molecule has 4 nitrogen and oxygen atoms in total. The molecule has 0 saturated carbocycles. The Kier molecular flexibility index (Phi) is 4.39. The molecule has 0 aliphatic rings. The van der Waals surface area contributed by atoms with Gasteiger partial charge in [-0.1, -0.05) is 35.1 Å². The van der Waals surface area contributed by atoms with Gasteiger partial charge in [0.05, 0.1) is 6.20 Å². The third-order valence-corrected chi connectivity index (χ3v) is 3.97. The normalized spacial score (nSPS) is 10.3. The number of thiazole rings is 1. The molecule has 100 valence electrons. The van der Waals surface area contributed by atoms with Crippen LogP contribution in [0.3, 0.4) is 0 Å². The highest BCUT2D eigenvalue weighted by molar-refractivity contribution is 7.17. The molecular formula is C13H13ClN2O2S. The number of nitrogens with zero attached hydrogens (tertiary/aromatic N) is 1. The molecule has 0 aliphatic carbocycles. The van der Waals surface area contributed by atoms with Crippen LogP contribution < -0.4 is 5.32 Å². The first-order valence-corrected chi connectivity index (χ1v) is 6.86. The number of aromatic nitrogens is 1. The number of hydrogen-bond acceptors (Lipinski definition) is 5. The van der Waals surface area contributed by atoms with Crippen LogP contribution in [0.1, 0.15) is 20.8 Å². The summed E-state index contributed by atoms with van der Waals surface area (Å²) in [5, 5.41) is 4.16. The van der Waals surface area contributed by atoms with Crippen molar-refractivity contribution >= 4 is 34.0 Å². The highest BCUT2D eigenvalue weighted by Gasteiger charge is 2.13. The van der Waals surface area contributed by atoms with Gasteiger partial charge in [-0.05, 0) is 18.6 Å². The van der Waals surface area contributed by atoms with E-state index in [1.807, 2.05) is 19.1 Å². The molecule has 1 heterocycles.